The summed E-state index contributed by atoms with van der Waals surface area (Å²) in [6.07, 6.45) is 1.88. The van der Waals surface area contributed by atoms with Crippen LogP contribution in [0.1, 0.15) is 22.4 Å². The highest BCUT2D eigenvalue weighted by Crippen LogP contribution is 2.25. The van der Waals surface area contributed by atoms with Crippen molar-refractivity contribution in [3.8, 4) is 5.75 Å². The molecule has 0 radical (unpaired) electrons. The number of hydrogen-bond acceptors (Lipinski definition) is 6. The van der Waals surface area contributed by atoms with Crippen molar-refractivity contribution in [1.82, 2.24) is 18.6 Å². The quantitative estimate of drug-likeness (QED) is 0.719. The number of rotatable bonds is 5. The van der Waals surface area contributed by atoms with Crippen molar-refractivity contribution in [1.29, 1.82) is 0 Å². The van der Waals surface area contributed by atoms with Gasteiger partial charge in [-0.05, 0) is 38.6 Å². The first kappa shape index (κ1) is 15.8. The summed E-state index contributed by atoms with van der Waals surface area (Å²) in [5.41, 5.74) is 6.38. The second kappa shape index (κ2) is 6.60. The molecular formula is C17H20N4OS. The van der Waals surface area contributed by atoms with E-state index in [0.29, 0.717) is 0 Å². The molecule has 0 saturated heterocycles. The maximum atomic E-state index is 5.48. The highest BCUT2D eigenvalue weighted by atomic mass is 32.1. The van der Waals surface area contributed by atoms with Crippen molar-refractivity contribution in [3.05, 3.63) is 46.8 Å². The maximum absolute atomic E-state index is 5.48. The van der Waals surface area contributed by atoms with Gasteiger partial charge in [-0.1, -0.05) is 6.07 Å². The highest BCUT2D eigenvalue weighted by molar-refractivity contribution is 7.00. The average molecular weight is 328 g/mol. The van der Waals surface area contributed by atoms with E-state index < -0.39 is 0 Å². The summed E-state index contributed by atoms with van der Waals surface area (Å²) in [5, 5.41) is 0. The number of hydrogen-bond donors (Lipinski definition) is 0. The van der Waals surface area contributed by atoms with Crippen LogP contribution >= 0.6 is 11.7 Å². The number of fused-ring (bicyclic) bond motifs is 1. The smallest absolute Gasteiger partial charge is 0.128 e. The Balaban J connectivity index is 1.75. The lowest BCUT2D eigenvalue weighted by molar-refractivity contribution is 0.313. The minimum absolute atomic E-state index is 0.774. The van der Waals surface area contributed by atoms with Crippen LogP contribution in [0.3, 0.4) is 0 Å². The molecule has 0 aliphatic heterocycles. The fourth-order valence-electron chi connectivity index (χ4n) is 2.78. The van der Waals surface area contributed by atoms with Gasteiger partial charge in [0.15, 0.2) is 0 Å². The maximum Gasteiger partial charge on any atom is 0.128 e. The zero-order chi connectivity index (χ0) is 16.4. The molecule has 0 aliphatic rings. The Morgan fingerprint density at radius 2 is 1.91 bits per heavy atom. The molecule has 120 valence electrons. The van der Waals surface area contributed by atoms with Crippen LogP contribution in [-0.2, 0) is 13.1 Å². The lowest BCUT2D eigenvalue weighted by Gasteiger charge is -2.19. The minimum atomic E-state index is 0.774. The van der Waals surface area contributed by atoms with Gasteiger partial charge in [-0.3, -0.25) is 9.88 Å². The minimum Gasteiger partial charge on any atom is -0.496 e. The summed E-state index contributed by atoms with van der Waals surface area (Å²) in [4.78, 5) is 6.81. The van der Waals surface area contributed by atoms with Gasteiger partial charge in [0, 0.05) is 30.4 Å². The van der Waals surface area contributed by atoms with Gasteiger partial charge < -0.3 is 4.74 Å². The topological polar surface area (TPSA) is 51.1 Å². The normalized spacial score (nSPS) is 11.3. The number of methoxy groups -OCH3 is 1. The number of nitrogens with zero attached hydrogens (tertiary/aromatic N) is 4. The molecule has 2 aromatic heterocycles. The predicted molar refractivity (Wildman–Crippen MR) is 92.8 cm³/mol. The molecule has 0 spiro atoms. The molecular weight excluding hydrogens is 308 g/mol. The van der Waals surface area contributed by atoms with Crippen LogP contribution < -0.4 is 4.74 Å². The van der Waals surface area contributed by atoms with Crippen molar-refractivity contribution in [2.24, 2.45) is 0 Å². The summed E-state index contributed by atoms with van der Waals surface area (Å²) in [5.74, 6) is 0.929. The van der Waals surface area contributed by atoms with Crippen LogP contribution in [0, 0.1) is 13.8 Å². The van der Waals surface area contributed by atoms with Gasteiger partial charge >= 0.3 is 0 Å². The summed E-state index contributed by atoms with van der Waals surface area (Å²) < 4.78 is 14.0. The van der Waals surface area contributed by atoms with Crippen molar-refractivity contribution >= 4 is 22.8 Å². The number of ether oxygens (including phenoxy) is 1. The Morgan fingerprint density at radius 1 is 1.13 bits per heavy atom. The first-order valence-corrected chi connectivity index (χ1v) is 8.20. The molecule has 3 aromatic rings. The van der Waals surface area contributed by atoms with E-state index in [0.717, 1.165) is 46.7 Å². The van der Waals surface area contributed by atoms with E-state index in [1.807, 2.05) is 19.2 Å². The van der Waals surface area contributed by atoms with E-state index in [1.54, 1.807) is 7.11 Å². The molecule has 0 fully saturated rings. The molecule has 23 heavy (non-hydrogen) atoms. The summed E-state index contributed by atoms with van der Waals surface area (Å²) >= 11 is 1.25. The monoisotopic (exact) mass is 328 g/mol. The molecule has 0 atom stereocenters. The van der Waals surface area contributed by atoms with E-state index >= 15 is 0 Å². The molecule has 6 heteroatoms. The summed E-state index contributed by atoms with van der Waals surface area (Å²) in [7, 11) is 3.80. The summed E-state index contributed by atoms with van der Waals surface area (Å²) in [6, 6.07) is 6.24. The van der Waals surface area contributed by atoms with Crippen molar-refractivity contribution in [2.45, 2.75) is 26.9 Å². The third kappa shape index (κ3) is 3.33. The first-order valence-electron chi connectivity index (χ1n) is 7.47. The average Bonchev–Trinajstić information content (AvgIpc) is 2.98. The van der Waals surface area contributed by atoms with Gasteiger partial charge in [0.05, 0.1) is 24.5 Å². The molecule has 0 N–H and O–H groups in total. The van der Waals surface area contributed by atoms with E-state index in [9.17, 15) is 0 Å². The van der Waals surface area contributed by atoms with E-state index in [1.165, 1.54) is 17.3 Å². The molecule has 5 nitrogen and oxygen atoms in total. The van der Waals surface area contributed by atoms with Crippen LogP contribution in [0.25, 0.3) is 11.0 Å². The fraction of sp³-hybridized carbons (Fsp3) is 0.353. The zero-order valence-corrected chi connectivity index (χ0v) is 14.6. The van der Waals surface area contributed by atoms with Crippen LogP contribution in [0.15, 0.2) is 24.4 Å². The number of aromatic nitrogens is 3. The molecule has 0 amide bonds. The van der Waals surface area contributed by atoms with Crippen molar-refractivity contribution in [2.75, 3.05) is 14.2 Å². The number of benzene rings is 1. The highest BCUT2D eigenvalue weighted by Gasteiger charge is 2.12. The van der Waals surface area contributed by atoms with Gasteiger partial charge in [0.25, 0.3) is 0 Å². The van der Waals surface area contributed by atoms with Gasteiger partial charge in [-0.15, -0.1) is 0 Å². The Labute approximate surface area is 140 Å². The van der Waals surface area contributed by atoms with Crippen LogP contribution in [-0.4, -0.2) is 32.8 Å². The lowest BCUT2D eigenvalue weighted by Crippen LogP contribution is -2.19. The summed E-state index contributed by atoms with van der Waals surface area (Å²) in [6.45, 7) is 5.69. The molecule has 3 rings (SSSR count). The Bertz CT molecular complexity index is 831. The third-order valence-electron chi connectivity index (χ3n) is 3.94. The van der Waals surface area contributed by atoms with E-state index in [-0.39, 0.29) is 0 Å². The predicted octanol–water partition coefficient (Wildman–Crippen LogP) is 3.34. The van der Waals surface area contributed by atoms with E-state index in [4.69, 9.17) is 4.74 Å². The van der Waals surface area contributed by atoms with Crippen LogP contribution in [0.2, 0.25) is 0 Å². The zero-order valence-electron chi connectivity index (χ0n) is 13.8. The Kier molecular flexibility index (Phi) is 4.54. The SMILES string of the molecule is COc1c(C)cnc(CN(C)Cc2ccc3nsnc3c2)c1C. The first-order chi connectivity index (χ1) is 11.1. The number of pyridine rings is 1. The van der Waals surface area contributed by atoms with E-state index in [2.05, 4.69) is 44.7 Å². The molecule has 0 bridgehead atoms. The molecule has 1 aromatic carbocycles. The van der Waals surface area contributed by atoms with Crippen LogP contribution in [0.4, 0.5) is 0 Å². The largest absolute Gasteiger partial charge is 0.496 e. The van der Waals surface area contributed by atoms with Crippen molar-refractivity contribution in [3.63, 3.8) is 0 Å². The fourth-order valence-corrected chi connectivity index (χ4v) is 3.30. The Morgan fingerprint density at radius 3 is 2.70 bits per heavy atom. The second-order valence-electron chi connectivity index (χ2n) is 5.81. The number of aryl methyl sites for hydroxylation is 1. The van der Waals surface area contributed by atoms with Gasteiger partial charge in [-0.2, -0.15) is 8.75 Å². The van der Waals surface area contributed by atoms with Crippen molar-refractivity contribution < 1.29 is 4.74 Å². The Hall–Kier alpha value is -2.05. The molecule has 0 aliphatic carbocycles. The molecule has 0 saturated carbocycles. The second-order valence-corrected chi connectivity index (χ2v) is 6.33. The van der Waals surface area contributed by atoms with Gasteiger partial charge in [0.2, 0.25) is 0 Å². The van der Waals surface area contributed by atoms with Gasteiger partial charge in [0.1, 0.15) is 16.8 Å². The standard InChI is InChI=1S/C17H20N4OS/c1-11-8-18-16(12(2)17(11)22-4)10-21(3)9-13-5-6-14-15(7-13)20-23-19-14/h5-8H,9-10H2,1-4H3. The lowest BCUT2D eigenvalue weighted by atomic mass is 10.1. The molecule has 2 heterocycles. The molecule has 0 unspecified atom stereocenters. The van der Waals surface area contributed by atoms with Gasteiger partial charge in [-0.25, -0.2) is 0 Å². The van der Waals surface area contributed by atoms with Crippen LogP contribution in [0.5, 0.6) is 5.75 Å². The third-order valence-corrected chi connectivity index (χ3v) is 4.50.